The van der Waals surface area contributed by atoms with Crippen molar-refractivity contribution in [3.8, 4) is 11.5 Å². The molecule has 1 N–H and O–H groups in total. The molecule has 0 spiro atoms. The van der Waals surface area contributed by atoms with Gasteiger partial charge in [-0.3, -0.25) is 0 Å². The molecule has 0 fully saturated rings. The summed E-state index contributed by atoms with van der Waals surface area (Å²) in [5, 5.41) is 12.9. The van der Waals surface area contributed by atoms with E-state index in [0.29, 0.717) is 23.3 Å². The van der Waals surface area contributed by atoms with Crippen molar-refractivity contribution in [2.75, 3.05) is 6.61 Å². The van der Waals surface area contributed by atoms with E-state index in [1.165, 1.54) is 0 Å². The molecule has 6 heteroatoms. The number of aromatic nitrogens is 3. The summed E-state index contributed by atoms with van der Waals surface area (Å²) in [4.78, 5) is 8.23. The summed E-state index contributed by atoms with van der Waals surface area (Å²) in [5.74, 6) is 0.872. The zero-order valence-electron chi connectivity index (χ0n) is 8.64. The number of rotatable bonds is 3. The van der Waals surface area contributed by atoms with Crippen molar-refractivity contribution in [1.82, 2.24) is 15.1 Å². The fourth-order valence-electron chi connectivity index (χ4n) is 1.32. The lowest BCUT2D eigenvalue weighted by Crippen LogP contribution is -1.93. The highest BCUT2D eigenvalue weighted by Crippen LogP contribution is 2.21. The predicted octanol–water partition coefficient (Wildman–Crippen LogP) is 1.63. The number of hydrogen-bond donors (Lipinski definition) is 1. The second-order valence-electron chi connectivity index (χ2n) is 3.26. The van der Waals surface area contributed by atoms with Crippen LogP contribution in [-0.2, 0) is 6.42 Å². The molecule has 0 unspecified atom stereocenters. The molecule has 5 nitrogen and oxygen atoms in total. The lowest BCUT2D eigenvalue weighted by atomic mass is 10.2. The van der Waals surface area contributed by atoms with Gasteiger partial charge in [0.05, 0.1) is 17.9 Å². The van der Waals surface area contributed by atoms with E-state index in [-0.39, 0.29) is 6.61 Å². The van der Waals surface area contributed by atoms with E-state index in [0.717, 1.165) is 11.3 Å². The lowest BCUT2D eigenvalue weighted by molar-refractivity contribution is 0.293. The second-order valence-corrected chi connectivity index (χ2v) is 3.64. The van der Waals surface area contributed by atoms with E-state index < -0.39 is 0 Å². The molecule has 0 bridgehead atoms. The van der Waals surface area contributed by atoms with Crippen LogP contribution in [0.2, 0.25) is 5.15 Å². The monoisotopic (exact) mass is 239 g/mol. The number of pyridine rings is 1. The minimum Gasteiger partial charge on any atom is -0.396 e. The normalized spacial score (nSPS) is 10.7. The van der Waals surface area contributed by atoms with Gasteiger partial charge in [0.1, 0.15) is 5.15 Å². The molecule has 0 aliphatic carbocycles. The Morgan fingerprint density at radius 3 is 2.88 bits per heavy atom. The van der Waals surface area contributed by atoms with E-state index in [1.54, 1.807) is 12.1 Å². The van der Waals surface area contributed by atoms with Crippen molar-refractivity contribution in [3.05, 3.63) is 28.8 Å². The molecule has 0 aliphatic rings. The van der Waals surface area contributed by atoms with Crippen LogP contribution < -0.4 is 0 Å². The van der Waals surface area contributed by atoms with Gasteiger partial charge in [0.15, 0.2) is 5.82 Å². The van der Waals surface area contributed by atoms with Gasteiger partial charge in [-0.15, -0.1) is 0 Å². The van der Waals surface area contributed by atoms with Gasteiger partial charge in [-0.05, 0) is 19.1 Å². The smallest absolute Gasteiger partial charge is 0.259 e. The Hall–Kier alpha value is -1.46. The van der Waals surface area contributed by atoms with Crippen LogP contribution in [0.3, 0.4) is 0 Å². The van der Waals surface area contributed by atoms with Crippen molar-refractivity contribution in [3.63, 3.8) is 0 Å². The summed E-state index contributed by atoms with van der Waals surface area (Å²) in [5.41, 5.74) is 1.48. The fourth-order valence-corrected chi connectivity index (χ4v) is 1.51. The molecule has 2 aromatic rings. The van der Waals surface area contributed by atoms with Crippen LogP contribution in [0, 0.1) is 6.92 Å². The first-order valence-electron chi connectivity index (χ1n) is 4.77. The molecular formula is C10H10ClN3O2. The summed E-state index contributed by atoms with van der Waals surface area (Å²) < 4.78 is 5.07. The first-order valence-corrected chi connectivity index (χ1v) is 5.15. The van der Waals surface area contributed by atoms with Crippen LogP contribution in [0.4, 0.5) is 0 Å². The third kappa shape index (κ3) is 2.20. The number of aliphatic hydroxyl groups is 1. The Bertz CT molecular complexity index is 499. The maximum absolute atomic E-state index is 8.74. The average Bonchev–Trinajstić information content (AvgIpc) is 2.67. The van der Waals surface area contributed by atoms with Crippen LogP contribution in [0.5, 0.6) is 0 Å². The average molecular weight is 240 g/mol. The molecular weight excluding hydrogens is 230 g/mol. The Labute approximate surface area is 97.1 Å². The van der Waals surface area contributed by atoms with Gasteiger partial charge in [0, 0.05) is 6.42 Å². The van der Waals surface area contributed by atoms with Crippen LogP contribution >= 0.6 is 11.6 Å². The standard InChI is InChI=1S/C10H10ClN3O2/c1-6-7(2-3-8(11)12-6)10-13-9(4-5-15)14-16-10/h2-3,15H,4-5H2,1H3. The Morgan fingerprint density at radius 2 is 2.19 bits per heavy atom. The number of aryl methyl sites for hydroxylation is 1. The first kappa shape index (κ1) is 11.0. The maximum Gasteiger partial charge on any atom is 0.259 e. The van der Waals surface area contributed by atoms with Gasteiger partial charge in [-0.1, -0.05) is 16.8 Å². The fraction of sp³-hybridized carbons (Fsp3) is 0.300. The maximum atomic E-state index is 8.74. The Morgan fingerprint density at radius 1 is 1.38 bits per heavy atom. The minimum atomic E-state index is -0.00315. The highest BCUT2D eigenvalue weighted by Gasteiger charge is 2.11. The number of hydrogen-bond acceptors (Lipinski definition) is 5. The molecule has 2 aromatic heterocycles. The number of nitrogens with zero attached hydrogens (tertiary/aromatic N) is 3. The zero-order valence-corrected chi connectivity index (χ0v) is 9.40. The van der Waals surface area contributed by atoms with Gasteiger partial charge in [-0.25, -0.2) is 4.98 Å². The second kappa shape index (κ2) is 4.59. The van der Waals surface area contributed by atoms with Crippen molar-refractivity contribution in [2.24, 2.45) is 0 Å². The summed E-state index contributed by atoms with van der Waals surface area (Å²) in [6.07, 6.45) is 0.379. The summed E-state index contributed by atoms with van der Waals surface area (Å²) >= 11 is 5.75. The van der Waals surface area contributed by atoms with Crippen LogP contribution in [0.1, 0.15) is 11.5 Å². The summed E-state index contributed by atoms with van der Waals surface area (Å²) in [7, 11) is 0. The molecule has 0 radical (unpaired) electrons. The molecule has 0 aromatic carbocycles. The molecule has 0 aliphatic heterocycles. The predicted molar refractivity (Wildman–Crippen MR) is 58.1 cm³/mol. The molecule has 2 heterocycles. The lowest BCUT2D eigenvalue weighted by Gasteiger charge is -1.98. The van der Waals surface area contributed by atoms with Crippen LogP contribution in [0.25, 0.3) is 11.5 Å². The van der Waals surface area contributed by atoms with Gasteiger partial charge in [-0.2, -0.15) is 4.98 Å². The molecule has 84 valence electrons. The van der Waals surface area contributed by atoms with Gasteiger partial charge in [0.2, 0.25) is 0 Å². The highest BCUT2D eigenvalue weighted by molar-refractivity contribution is 6.29. The van der Waals surface area contributed by atoms with Crippen LogP contribution in [0.15, 0.2) is 16.7 Å². The molecule has 0 saturated heterocycles. The third-order valence-corrected chi connectivity index (χ3v) is 2.30. The van der Waals surface area contributed by atoms with E-state index in [1.807, 2.05) is 6.92 Å². The van der Waals surface area contributed by atoms with E-state index >= 15 is 0 Å². The molecule has 0 atom stereocenters. The molecule has 0 amide bonds. The molecule has 16 heavy (non-hydrogen) atoms. The highest BCUT2D eigenvalue weighted by atomic mass is 35.5. The van der Waals surface area contributed by atoms with Crippen molar-refractivity contribution < 1.29 is 9.63 Å². The largest absolute Gasteiger partial charge is 0.396 e. The van der Waals surface area contributed by atoms with Gasteiger partial charge in [0.25, 0.3) is 5.89 Å². The quantitative estimate of drug-likeness (QED) is 0.825. The van der Waals surface area contributed by atoms with Crippen LogP contribution in [-0.4, -0.2) is 26.8 Å². The van der Waals surface area contributed by atoms with E-state index in [2.05, 4.69) is 15.1 Å². The van der Waals surface area contributed by atoms with Crippen molar-refractivity contribution in [1.29, 1.82) is 0 Å². The van der Waals surface area contributed by atoms with Crippen molar-refractivity contribution >= 4 is 11.6 Å². The van der Waals surface area contributed by atoms with E-state index in [9.17, 15) is 0 Å². The summed E-state index contributed by atoms with van der Waals surface area (Å²) in [6, 6.07) is 3.45. The third-order valence-electron chi connectivity index (χ3n) is 2.09. The number of aliphatic hydroxyl groups excluding tert-OH is 1. The topological polar surface area (TPSA) is 72.0 Å². The van der Waals surface area contributed by atoms with Gasteiger partial charge < -0.3 is 9.63 Å². The SMILES string of the molecule is Cc1nc(Cl)ccc1-c1nc(CCO)no1. The zero-order chi connectivity index (χ0) is 11.5. The Kier molecular flexibility index (Phi) is 3.17. The van der Waals surface area contributed by atoms with E-state index in [4.69, 9.17) is 21.2 Å². The van der Waals surface area contributed by atoms with Gasteiger partial charge >= 0.3 is 0 Å². The molecule has 0 saturated carbocycles. The first-order chi connectivity index (χ1) is 7.70. The van der Waals surface area contributed by atoms with Crippen molar-refractivity contribution in [2.45, 2.75) is 13.3 Å². The summed E-state index contributed by atoms with van der Waals surface area (Å²) in [6.45, 7) is 1.81. The Balaban J connectivity index is 2.35. The molecule has 2 rings (SSSR count). The number of halogens is 1. The minimum absolute atomic E-state index is 0.00315.